The third-order valence-electron chi connectivity index (χ3n) is 4.56. The Morgan fingerprint density at radius 1 is 0.786 bits per heavy atom. The molecular formula is C22H20BrN5. The molecule has 6 heteroatoms. The Morgan fingerprint density at radius 3 is 2.25 bits per heavy atom. The van der Waals surface area contributed by atoms with Gasteiger partial charge in [0.25, 0.3) is 0 Å². The van der Waals surface area contributed by atoms with Crippen LogP contribution in [-0.4, -0.2) is 24.1 Å². The summed E-state index contributed by atoms with van der Waals surface area (Å²) < 4.78 is 1.85. The standard InChI is InChI=1S/C22H20BrN5/c1-27(2)18-10-6-7-15(13-18)16-11-12-20-19(14-16)21(26-22(24)25-20)28(23)17-8-4-3-5-9-17/h3-14H,1-2H3,(H2,24,25,26). The Labute approximate surface area is 172 Å². The summed E-state index contributed by atoms with van der Waals surface area (Å²) in [4.78, 5) is 11.0. The lowest BCUT2D eigenvalue weighted by atomic mass is 10.0. The number of halogens is 1. The first-order valence-corrected chi connectivity index (χ1v) is 9.60. The molecule has 0 amide bonds. The molecule has 0 unspecified atom stereocenters. The lowest BCUT2D eigenvalue weighted by Gasteiger charge is -2.18. The minimum absolute atomic E-state index is 0.241. The maximum absolute atomic E-state index is 5.97. The molecule has 4 aromatic rings. The van der Waals surface area contributed by atoms with Gasteiger partial charge in [0.15, 0.2) is 5.82 Å². The molecule has 0 saturated heterocycles. The highest BCUT2D eigenvalue weighted by molar-refractivity contribution is 9.10. The molecule has 0 aliphatic carbocycles. The van der Waals surface area contributed by atoms with Crippen molar-refractivity contribution < 1.29 is 0 Å². The van der Waals surface area contributed by atoms with Crippen LogP contribution < -0.4 is 14.6 Å². The third-order valence-corrected chi connectivity index (χ3v) is 5.30. The topological polar surface area (TPSA) is 58.3 Å². The van der Waals surface area contributed by atoms with Crippen LogP contribution in [-0.2, 0) is 0 Å². The maximum atomic E-state index is 5.97. The van der Waals surface area contributed by atoms with E-state index in [1.54, 1.807) is 0 Å². The summed E-state index contributed by atoms with van der Waals surface area (Å²) >= 11 is 3.64. The summed E-state index contributed by atoms with van der Waals surface area (Å²) in [7, 11) is 4.08. The number of nitrogens with two attached hydrogens (primary N) is 1. The molecule has 0 saturated carbocycles. The highest BCUT2D eigenvalue weighted by Gasteiger charge is 2.15. The summed E-state index contributed by atoms with van der Waals surface area (Å²) in [5.41, 5.74) is 11.1. The van der Waals surface area contributed by atoms with Crippen molar-refractivity contribution in [1.82, 2.24) is 9.97 Å². The minimum atomic E-state index is 0.241. The lowest BCUT2D eigenvalue weighted by Crippen LogP contribution is -2.08. The van der Waals surface area contributed by atoms with Crippen LogP contribution in [0.15, 0.2) is 72.8 Å². The van der Waals surface area contributed by atoms with E-state index in [1.165, 1.54) is 0 Å². The van der Waals surface area contributed by atoms with Crippen molar-refractivity contribution in [2.24, 2.45) is 0 Å². The highest BCUT2D eigenvalue weighted by atomic mass is 79.9. The van der Waals surface area contributed by atoms with Crippen molar-refractivity contribution in [3.8, 4) is 11.1 Å². The summed E-state index contributed by atoms with van der Waals surface area (Å²) in [6.07, 6.45) is 0. The lowest BCUT2D eigenvalue weighted by molar-refractivity contribution is 1.13. The fourth-order valence-corrected chi connectivity index (χ4v) is 3.61. The van der Waals surface area contributed by atoms with Gasteiger partial charge < -0.3 is 10.6 Å². The van der Waals surface area contributed by atoms with Gasteiger partial charge in [0, 0.05) is 25.2 Å². The van der Waals surface area contributed by atoms with Crippen molar-refractivity contribution in [2.75, 3.05) is 28.7 Å². The largest absolute Gasteiger partial charge is 0.378 e. The van der Waals surface area contributed by atoms with Gasteiger partial charge in [-0.2, -0.15) is 4.98 Å². The van der Waals surface area contributed by atoms with Crippen molar-refractivity contribution in [3.05, 3.63) is 72.8 Å². The van der Waals surface area contributed by atoms with Gasteiger partial charge in [0.05, 0.1) is 27.4 Å². The average Bonchev–Trinajstić information content (AvgIpc) is 2.73. The second kappa shape index (κ2) is 7.48. The maximum Gasteiger partial charge on any atom is 0.222 e. The first kappa shape index (κ1) is 18.3. The average molecular weight is 434 g/mol. The Hall–Kier alpha value is -3.12. The molecule has 0 aliphatic heterocycles. The number of nitrogen functional groups attached to an aromatic ring is 1. The second-order valence-electron chi connectivity index (χ2n) is 6.70. The Balaban J connectivity index is 1.87. The number of para-hydroxylation sites is 1. The van der Waals surface area contributed by atoms with Crippen molar-refractivity contribution >= 4 is 50.2 Å². The zero-order valence-electron chi connectivity index (χ0n) is 15.7. The molecule has 0 aliphatic rings. The summed E-state index contributed by atoms with van der Waals surface area (Å²) in [6.45, 7) is 0. The normalized spacial score (nSPS) is 10.8. The zero-order chi connectivity index (χ0) is 19.7. The van der Waals surface area contributed by atoms with Crippen molar-refractivity contribution in [2.45, 2.75) is 0 Å². The molecule has 0 atom stereocenters. The number of hydrogen-bond acceptors (Lipinski definition) is 5. The molecule has 3 aromatic carbocycles. The van der Waals surface area contributed by atoms with E-state index >= 15 is 0 Å². The number of nitrogens with zero attached hydrogens (tertiary/aromatic N) is 4. The van der Waals surface area contributed by atoms with E-state index in [9.17, 15) is 0 Å². The number of hydrogen-bond donors (Lipinski definition) is 1. The van der Waals surface area contributed by atoms with Crippen LogP contribution in [0.3, 0.4) is 0 Å². The van der Waals surface area contributed by atoms with Crippen LogP contribution in [0.2, 0.25) is 0 Å². The Bertz CT molecular complexity index is 1130. The molecule has 4 rings (SSSR count). The molecule has 5 nitrogen and oxygen atoms in total. The molecule has 2 N–H and O–H groups in total. The monoisotopic (exact) mass is 433 g/mol. The molecule has 0 fully saturated rings. The van der Waals surface area contributed by atoms with Crippen LogP contribution in [0.25, 0.3) is 22.0 Å². The van der Waals surface area contributed by atoms with E-state index in [4.69, 9.17) is 5.73 Å². The van der Waals surface area contributed by atoms with Gasteiger partial charge in [-0.3, -0.25) is 3.93 Å². The van der Waals surface area contributed by atoms with Crippen LogP contribution >= 0.6 is 16.1 Å². The predicted molar refractivity (Wildman–Crippen MR) is 121 cm³/mol. The van der Waals surface area contributed by atoms with E-state index in [0.717, 1.165) is 33.4 Å². The number of fused-ring (bicyclic) bond motifs is 1. The molecule has 0 bridgehead atoms. The fourth-order valence-electron chi connectivity index (χ4n) is 3.10. The third kappa shape index (κ3) is 3.51. The van der Waals surface area contributed by atoms with E-state index in [1.807, 2.05) is 54.4 Å². The summed E-state index contributed by atoms with van der Waals surface area (Å²) in [5, 5.41) is 0.919. The molecule has 28 heavy (non-hydrogen) atoms. The van der Waals surface area contributed by atoms with Gasteiger partial charge in [-0.15, -0.1) is 0 Å². The molecule has 1 aromatic heterocycles. The quantitative estimate of drug-likeness (QED) is 0.437. The first-order valence-electron chi connectivity index (χ1n) is 8.89. The van der Waals surface area contributed by atoms with Crippen LogP contribution in [0.4, 0.5) is 23.1 Å². The molecule has 140 valence electrons. The van der Waals surface area contributed by atoms with Gasteiger partial charge in [0.1, 0.15) is 0 Å². The smallest absolute Gasteiger partial charge is 0.222 e. The zero-order valence-corrected chi connectivity index (χ0v) is 17.3. The SMILES string of the molecule is CN(C)c1cccc(-c2ccc3nc(N)nc(N(Br)c4ccccc4)c3c2)c1. The van der Waals surface area contributed by atoms with Gasteiger partial charge >= 0.3 is 0 Å². The van der Waals surface area contributed by atoms with E-state index in [0.29, 0.717) is 5.82 Å². The van der Waals surface area contributed by atoms with E-state index in [-0.39, 0.29) is 5.95 Å². The van der Waals surface area contributed by atoms with Gasteiger partial charge in [-0.05, 0) is 47.5 Å². The Morgan fingerprint density at radius 2 is 1.50 bits per heavy atom. The van der Waals surface area contributed by atoms with E-state index in [2.05, 4.69) is 67.4 Å². The second-order valence-corrected chi connectivity index (χ2v) is 7.41. The van der Waals surface area contributed by atoms with Crippen LogP contribution in [0.5, 0.6) is 0 Å². The first-order chi connectivity index (χ1) is 13.5. The van der Waals surface area contributed by atoms with Crippen molar-refractivity contribution in [1.29, 1.82) is 0 Å². The highest BCUT2D eigenvalue weighted by Crippen LogP contribution is 2.35. The molecule has 0 spiro atoms. The molecule has 1 heterocycles. The van der Waals surface area contributed by atoms with Gasteiger partial charge in [-0.1, -0.05) is 36.4 Å². The molecular weight excluding hydrogens is 414 g/mol. The predicted octanol–water partition coefficient (Wildman–Crippen LogP) is 5.39. The number of benzene rings is 3. The van der Waals surface area contributed by atoms with Gasteiger partial charge in [0.2, 0.25) is 5.95 Å². The minimum Gasteiger partial charge on any atom is -0.378 e. The van der Waals surface area contributed by atoms with Crippen molar-refractivity contribution in [3.63, 3.8) is 0 Å². The summed E-state index contributed by atoms with van der Waals surface area (Å²) in [5.74, 6) is 0.949. The van der Waals surface area contributed by atoms with Gasteiger partial charge in [-0.25, -0.2) is 4.98 Å². The van der Waals surface area contributed by atoms with Crippen LogP contribution in [0, 0.1) is 0 Å². The Kier molecular flexibility index (Phi) is 4.88. The van der Waals surface area contributed by atoms with Crippen LogP contribution in [0.1, 0.15) is 0 Å². The number of anilines is 4. The fraction of sp³-hybridized carbons (Fsp3) is 0.0909. The summed E-state index contributed by atoms with van der Waals surface area (Å²) in [6, 6.07) is 24.5. The van der Waals surface area contributed by atoms with E-state index < -0.39 is 0 Å². The number of rotatable bonds is 4. The number of aromatic nitrogens is 2. The molecule has 0 radical (unpaired) electrons.